The number of hydrogen-bond donors (Lipinski definition) is 2. The zero-order valence-corrected chi connectivity index (χ0v) is 46.8. The molecule has 8 bridgehead atoms. The molecular formula is C48H50Br4N4O16. The van der Waals surface area contributed by atoms with Gasteiger partial charge in [-0.15, -0.1) is 0 Å². The maximum atomic E-state index is 13.4. The summed E-state index contributed by atoms with van der Waals surface area (Å²) in [6, 6.07) is 0. The number of esters is 8. The molecule has 72 heavy (non-hydrogen) atoms. The van der Waals surface area contributed by atoms with Crippen molar-refractivity contribution >= 4 is 156 Å². The van der Waals surface area contributed by atoms with Crippen molar-refractivity contribution in [1.29, 1.82) is 0 Å². The van der Waals surface area contributed by atoms with Crippen molar-refractivity contribution in [2.75, 3.05) is 56.9 Å². The molecule has 3 aromatic heterocycles. The van der Waals surface area contributed by atoms with Crippen LogP contribution in [0, 0.1) is 0 Å². The molecule has 2 N–H and O–H groups in total. The molecule has 0 aromatic carbocycles. The lowest BCUT2D eigenvalue weighted by molar-refractivity contribution is -0.141. The fourth-order valence-corrected chi connectivity index (χ4v) is 10.9. The van der Waals surface area contributed by atoms with Gasteiger partial charge in [-0.1, -0.05) is 0 Å². The molecule has 2 aliphatic rings. The number of nitrogens with one attached hydrogen (secondary N) is 2. The molecule has 5 heterocycles. The number of hydrogen-bond acceptors (Lipinski definition) is 18. The third-order valence-corrected chi connectivity index (χ3v) is 15.0. The van der Waals surface area contributed by atoms with E-state index in [0.717, 1.165) is 0 Å². The van der Waals surface area contributed by atoms with Crippen LogP contribution < -0.4 is 0 Å². The molecular weight excluding hydrogens is 1210 g/mol. The van der Waals surface area contributed by atoms with Crippen molar-refractivity contribution in [3.05, 3.63) is 62.9 Å². The molecule has 2 aliphatic heterocycles. The van der Waals surface area contributed by atoms with Crippen molar-refractivity contribution in [2.24, 2.45) is 0 Å². The Kier molecular flexibility index (Phi) is 20.5. The predicted molar refractivity (Wildman–Crippen MR) is 273 cm³/mol. The summed E-state index contributed by atoms with van der Waals surface area (Å²) in [6.45, 7) is 0. The first kappa shape index (κ1) is 57.2. The summed E-state index contributed by atoms with van der Waals surface area (Å²) in [7, 11) is 9.81. The van der Waals surface area contributed by atoms with Gasteiger partial charge in [0.25, 0.3) is 0 Å². The molecule has 386 valence electrons. The Labute approximate surface area is 446 Å². The van der Waals surface area contributed by atoms with Gasteiger partial charge >= 0.3 is 47.8 Å². The van der Waals surface area contributed by atoms with Crippen LogP contribution in [0.3, 0.4) is 0 Å². The number of aromatic nitrogens is 4. The summed E-state index contributed by atoms with van der Waals surface area (Å²) in [5.74, 6) is -4.98. The number of aromatic amines is 2. The molecule has 0 aliphatic carbocycles. The Bertz CT molecular complexity index is 2970. The van der Waals surface area contributed by atoms with Crippen molar-refractivity contribution in [2.45, 2.75) is 77.0 Å². The van der Waals surface area contributed by atoms with Crippen molar-refractivity contribution < 1.29 is 76.3 Å². The van der Waals surface area contributed by atoms with Gasteiger partial charge in [0.05, 0.1) is 145 Å². The molecule has 0 spiro atoms. The number of carbonyl (C=O) groups is 8. The lowest BCUT2D eigenvalue weighted by atomic mass is 9.95. The van der Waals surface area contributed by atoms with Crippen LogP contribution in [0.5, 0.6) is 0 Å². The van der Waals surface area contributed by atoms with Gasteiger partial charge in [-0.05, 0) is 134 Å². The van der Waals surface area contributed by atoms with Crippen LogP contribution in [0.2, 0.25) is 0 Å². The summed E-state index contributed by atoms with van der Waals surface area (Å²) in [5, 5.41) is 0. The Balaban J connectivity index is 2.26. The number of rotatable bonds is 20. The van der Waals surface area contributed by atoms with E-state index in [0.29, 0.717) is 55.6 Å². The third-order valence-electron chi connectivity index (χ3n) is 11.9. The zero-order chi connectivity index (χ0) is 53.1. The first-order valence-corrected chi connectivity index (χ1v) is 25.0. The van der Waals surface area contributed by atoms with E-state index in [9.17, 15) is 38.4 Å². The van der Waals surface area contributed by atoms with E-state index in [1.165, 1.54) is 56.9 Å². The van der Waals surface area contributed by atoms with Gasteiger partial charge in [0.15, 0.2) is 0 Å². The second-order valence-corrected chi connectivity index (χ2v) is 18.9. The number of methoxy groups -OCH3 is 8. The Morgan fingerprint density at radius 3 is 0.958 bits per heavy atom. The number of ether oxygens (including phenoxy) is 8. The Morgan fingerprint density at radius 2 is 0.597 bits per heavy atom. The summed E-state index contributed by atoms with van der Waals surface area (Å²) < 4.78 is 41.7. The van der Waals surface area contributed by atoms with Crippen molar-refractivity contribution in [3.63, 3.8) is 0 Å². The van der Waals surface area contributed by atoms with Crippen molar-refractivity contribution in [1.82, 2.24) is 19.9 Å². The van der Waals surface area contributed by atoms with Crippen LogP contribution in [0.1, 0.15) is 96.4 Å². The molecule has 0 atom stereocenters. The van der Waals surface area contributed by atoms with E-state index < -0.39 is 47.8 Å². The standard InChI is InChI=1S/C48H50Br4N4O16/c1-65-29(57)13-9-21-25(17-33(61)69-5)45-38(50)42-23(11-15-31(59)67-3)27(19-35(63)71-7)47(55-42)40(52)44-24(12-16-32(60)68-4)28(20-36(64)72-8)48(56-44)39(51)43-22(10-14-30(58)66-2)26(18-34(62)70-6)46(54-43)37(49)41(21)53-45/h53-54H,9-20H2,1-8H3. The highest BCUT2D eigenvalue weighted by Crippen LogP contribution is 2.48. The number of carbonyl (C=O) groups excluding carboxylic acids is 8. The van der Waals surface area contributed by atoms with Gasteiger partial charge in [0.1, 0.15) is 0 Å². The second-order valence-electron chi connectivity index (χ2n) is 15.8. The topological polar surface area (TPSA) is 268 Å². The summed E-state index contributed by atoms with van der Waals surface area (Å²) in [6.07, 6.45) is -2.29. The first-order chi connectivity index (χ1) is 34.3. The van der Waals surface area contributed by atoms with Crippen LogP contribution in [0.15, 0.2) is 17.9 Å². The Hall–Kier alpha value is -5.72. The van der Waals surface area contributed by atoms with E-state index >= 15 is 0 Å². The lowest BCUT2D eigenvalue weighted by Gasteiger charge is -2.11. The molecule has 0 unspecified atom stereocenters. The van der Waals surface area contributed by atoms with Gasteiger partial charge in [-0.25, -0.2) is 9.97 Å². The molecule has 0 fully saturated rings. The molecule has 20 nitrogen and oxygen atoms in total. The number of halogens is 4. The van der Waals surface area contributed by atoms with Crippen LogP contribution in [-0.2, 0) is 102 Å². The quantitative estimate of drug-likeness (QED) is 0.0805. The minimum Gasteiger partial charge on any atom is -0.469 e. The molecule has 3 aromatic rings. The number of fused-ring (bicyclic) bond motifs is 8. The maximum absolute atomic E-state index is 13.4. The van der Waals surface area contributed by atoms with E-state index in [1.54, 1.807) is 0 Å². The first-order valence-electron chi connectivity index (χ1n) is 21.8. The molecule has 0 saturated heterocycles. The number of H-pyrrole nitrogens is 2. The van der Waals surface area contributed by atoms with Crippen LogP contribution in [0.4, 0.5) is 0 Å². The molecule has 0 radical (unpaired) electrons. The maximum Gasteiger partial charge on any atom is 0.310 e. The largest absolute Gasteiger partial charge is 0.469 e. The zero-order valence-electron chi connectivity index (χ0n) is 40.4. The number of aryl methyl sites for hydroxylation is 2. The highest BCUT2D eigenvalue weighted by molar-refractivity contribution is 9.11. The average molecular weight is 1260 g/mol. The fraction of sp³-hybridized carbons (Fsp3) is 0.417. The summed E-state index contributed by atoms with van der Waals surface area (Å²) in [4.78, 5) is 123. The minimum atomic E-state index is -0.678. The van der Waals surface area contributed by atoms with Gasteiger partial charge in [0, 0.05) is 25.7 Å². The van der Waals surface area contributed by atoms with Gasteiger partial charge in [0.2, 0.25) is 0 Å². The molecule has 0 saturated carbocycles. The van der Waals surface area contributed by atoms with Crippen LogP contribution in [-0.4, -0.2) is 125 Å². The summed E-state index contributed by atoms with van der Waals surface area (Å²) in [5.41, 5.74) is 4.68. The Morgan fingerprint density at radius 1 is 0.333 bits per heavy atom. The van der Waals surface area contributed by atoms with Gasteiger partial charge < -0.3 is 47.9 Å². The predicted octanol–water partition coefficient (Wildman–Crippen LogP) is 7.86. The lowest BCUT2D eigenvalue weighted by Crippen LogP contribution is -2.08. The third kappa shape index (κ3) is 12.7. The number of allylic oxidation sites excluding steroid dienone is 2. The van der Waals surface area contributed by atoms with E-state index in [2.05, 4.69) is 73.7 Å². The highest BCUT2D eigenvalue weighted by atomic mass is 79.9. The summed E-state index contributed by atoms with van der Waals surface area (Å²) >= 11 is 15.2. The van der Waals surface area contributed by atoms with E-state index in [-0.39, 0.29) is 129 Å². The van der Waals surface area contributed by atoms with Crippen LogP contribution >= 0.6 is 63.7 Å². The van der Waals surface area contributed by atoms with Crippen LogP contribution in [0.25, 0.3) is 44.4 Å². The van der Waals surface area contributed by atoms with Crippen molar-refractivity contribution in [3.8, 4) is 0 Å². The SMILES string of the molecule is COC(=O)CCC1=C(CC(=O)OC)c2nc1c(Br)c1nc(c(Br)c3[nH]c(c(CCC(=O)OC)c3CC(=O)OC)c(Br)c3[nH]c(c2Br)c(CCC(=O)OC)c3CC(=O)OC)C(CCC(=O)OC)=C1CC(=O)OC. The fourth-order valence-electron chi connectivity index (χ4n) is 8.21. The molecule has 0 amide bonds. The average Bonchev–Trinajstić information content (AvgIpc) is 4.14. The highest BCUT2D eigenvalue weighted by Gasteiger charge is 2.34. The van der Waals surface area contributed by atoms with E-state index in [1.807, 2.05) is 0 Å². The van der Waals surface area contributed by atoms with Gasteiger partial charge in [-0.3, -0.25) is 38.4 Å². The monoisotopic (exact) mass is 1250 g/mol. The molecule has 24 heteroatoms. The van der Waals surface area contributed by atoms with Gasteiger partial charge in [-0.2, -0.15) is 0 Å². The number of nitrogens with zero attached hydrogens (tertiary/aromatic N) is 2. The smallest absolute Gasteiger partial charge is 0.310 e. The second kappa shape index (κ2) is 25.8. The molecule has 5 rings (SSSR count). The normalized spacial score (nSPS) is 12.1. The minimum absolute atomic E-state index is 0.0158. The van der Waals surface area contributed by atoms with E-state index in [4.69, 9.17) is 47.9 Å².